The van der Waals surface area contributed by atoms with E-state index in [1.54, 1.807) is 0 Å². The van der Waals surface area contributed by atoms with Gasteiger partial charge in [0.05, 0.1) is 43.7 Å². The summed E-state index contributed by atoms with van der Waals surface area (Å²) in [6.45, 7) is 16.1. The molecule has 6 nitrogen and oxygen atoms in total. The molecule has 2 aliphatic heterocycles. The smallest absolute Gasteiger partial charge is 0.145 e. The fourth-order valence-electron chi connectivity index (χ4n) is 5.37. The zero-order chi connectivity index (χ0) is 21.3. The quantitative estimate of drug-likeness (QED) is 0.782. The summed E-state index contributed by atoms with van der Waals surface area (Å²) in [5.41, 5.74) is 7.17. The van der Waals surface area contributed by atoms with Gasteiger partial charge in [-0.05, 0) is 51.4 Å². The average Bonchev–Trinajstić information content (AvgIpc) is 3.11. The summed E-state index contributed by atoms with van der Waals surface area (Å²) in [7, 11) is 0. The van der Waals surface area contributed by atoms with E-state index in [0.717, 1.165) is 50.4 Å². The van der Waals surface area contributed by atoms with Crippen molar-refractivity contribution in [3.8, 4) is 0 Å². The van der Waals surface area contributed by atoms with Gasteiger partial charge in [0.2, 0.25) is 0 Å². The van der Waals surface area contributed by atoms with Gasteiger partial charge >= 0.3 is 0 Å². The lowest BCUT2D eigenvalue weighted by molar-refractivity contribution is -0.0745. The molecule has 0 amide bonds. The van der Waals surface area contributed by atoms with Crippen LogP contribution in [0.15, 0.2) is 10.7 Å². The standard InChI is InChI=1S/C17H26N2O2.C4H9NO.C2H6/c1-16(2)14-5-4-13(19-17(3)9-20-10-17)7-11(14)6-12-8-18-21-15(12)16;1-4(5)2-6-3-4;1-2/h8,11,13-14,19H,4-7,9-10H2,1-3H3;2-3,5H2,1H3;1-2H3. The third kappa shape index (κ3) is 4.87. The van der Waals surface area contributed by atoms with Crippen molar-refractivity contribution < 1.29 is 14.0 Å². The molecular weight excluding hydrogens is 366 g/mol. The highest BCUT2D eigenvalue weighted by Gasteiger charge is 2.48. The van der Waals surface area contributed by atoms with Crippen molar-refractivity contribution in [1.29, 1.82) is 0 Å². The summed E-state index contributed by atoms with van der Waals surface area (Å²) in [5.74, 6) is 2.61. The minimum Gasteiger partial charge on any atom is -0.377 e. The molecule has 1 aromatic rings. The number of nitrogens with two attached hydrogens (primary N) is 1. The Balaban J connectivity index is 0.000000256. The number of ether oxygens (including phenoxy) is 2. The summed E-state index contributed by atoms with van der Waals surface area (Å²) in [4.78, 5) is 0. The second kappa shape index (κ2) is 8.66. The topological polar surface area (TPSA) is 82.5 Å². The largest absolute Gasteiger partial charge is 0.377 e. The van der Waals surface area contributed by atoms with Crippen molar-refractivity contribution >= 4 is 0 Å². The predicted molar refractivity (Wildman–Crippen MR) is 115 cm³/mol. The van der Waals surface area contributed by atoms with Crippen LogP contribution in [0.3, 0.4) is 0 Å². The second-order valence-corrected chi connectivity index (χ2v) is 10.3. The maximum Gasteiger partial charge on any atom is 0.145 e. The zero-order valence-electron chi connectivity index (χ0n) is 19.2. The van der Waals surface area contributed by atoms with Crippen LogP contribution in [0.1, 0.15) is 72.1 Å². The van der Waals surface area contributed by atoms with E-state index >= 15 is 0 Å². The lowest BCUT2D eigenvalue weighted by Crippen LogP contribution is -2.62. The van der Waals surface area contributed by atoms with Crippen LogP contribution in [-0.4, -0.2) is 48.7 Å². The number of fused-ring (bicyclic) bond motifs is 2. The van der Waals surface area contributed by atoms with E-state index in [0.29, 0.717) is 6.04 Å². The third-order valence-corrected chi connectivity index (χ3v) is 6.88. The lowest BCUT2D eigenvalue weighted by atomic mass is 9.58. The van der Waals surface area contributed by atoms with Crippen LogP contribution in [0.5, 0.6) is 0 Å². The van der Waals surface area contributed by atoms with Crippen LogP contribution >= 0.6 is 0 Å². The van der Waals surface area contributed by atoms with E-state index in [9.17, 15) is 0 Å². The first-order valence-electron chi connectivity index (χ1n) is 11.3. The average molecular weight is 408 g/mol. The molecule has 0 radical (unpaired) electrons. The first-order valence-corrected chi connectivity index (χ1v) is 11.3. The summed E-state index contributed by atoms with van der Waals surface area (Å²) in [6.07, 6.45) is 6.90. The Bertz CT molecular complexity index is 660. The Labute approximate surface area is 176 Å². The Morgan fingerprint density at radius 1 is 1.03 bits per heavy atom. The van der Waals surface area contributed by atoms with Crippen molar-refractivity contribution in [3.05, 3.63) is 17.5 Å². The van der Waals surface area contributed by atoms with Crippen LogP contribution in [0.2, 0.25) is 0 Å². The van der Waals surface area contributed by atoms with Gasteiger partial charge in [-0.15, -0.1) is 0 Å². The lowest BCUT2D eigenvalue weighted by Gasteiger charge is -2.49. The molecule has 0 bridgehead atoms. The summed E-state index contributed by atoms with van der Waals surface area (Å²) in [5, 5.41) is 7.90. The molecule has 3 unspecified atom stereocenters. The highest BCUT2D eigenvalue weighted by Crippen LogP contribution is 2.50. The molecule has 4 aliphatic rings. The molecule has 3 fully saturated rings. The van der Waals surface area contributed by atoms with Gasteiger partial charge in [0.1, 0.15) is 5.76 Å². The molecule has 0 spiro atoms. The van der Waals surface area contributed by atoms with Crippen LogP contribution in [-0.2, 0) is 21.3 Å². The van der Waals surface area contributed by atoms with Crippen molar-refractivity contribution in [1.82, 2.24) is 10.5 Å². The van der Waals surface area contributed by atoms with E-state index < -0.39 is 0 Å². The number of nitrogens with one attached hydrogen (secondary N) is 1. The molecule has 29 heavy (non-hydrogen) atoms. The number of rotatable bonds is 2. The highest BCUT2D eigenvalue weighted by molar-refractivity contribution is 5.28. The highest BCUT2D eigenvalue weighted by atomic mass is 16.5. The normalized spacial score (nSPS) is 32.6. The number of hydrogen-bond acceptors (Lipinski definition) is 6. The van der Waals surface area contributed by atoms with Crippen LogP contribution in [0, 0.1) is 11.8 Å². The minimum absolute atomic E-state index is 0. The number of nitrogens with zero attached hydrogens (tertiary/aromatic N) is 1. The van der Waals surface area contributed by atoms with Gasteiger partial charge in [-0.2, -0.15) is 0 Å². The SMILES string of the molecule is CC.CC1(N)COC1.CC1(NC2CCC3C(Cc4cnoc4C3(C)C)C2)COC1. The molecule has 0 aromatic carbocycles. The van der Waals surface area contributed by atoms with Gasteiger partial charge in [-0.1, -0.05) is 32.9 Å². The molecule has 2 saturated heterocycles. The first kappa shape index (κ1) is 22.7. The van der Waals surface area contributed by atoms with Gasteiger partial charge in [0, 0.05) is 17.0 Å². The summed E-state index contributed by atoms with van der Waals surface area (Å²) >= 11 is 0. The molecule has 2 aliphatic carbocycles. The zero-order valence-corrected chi connectivity index (χ0v) is 19.2. The van der Waals surface area contributed by atoms with Crippen molar-refractivity contribution in [2.24, 2.45) is 17.6 Å². The van der Waals surface area contributed by atoms with Gasteiger partial charge in [-0.3, -0.25) is 0 Å². The first-order chi connectivity index (χ1) is 13.7. The van der Waals surface area contributed by atoms with Gasteiger partial charge in [0.25, 0.3) is 0 Å². The molecule has 6 heteroatoms. The van der Waals surface area contributed by atoms with Crippen LogP contribution < -0.4 is 11.1 Å². The fraction of sp³-hybridized carbons (Fsp3) is 0.870. The molecule has 3 heterocycles. The molecule has 1 aromatic heterocycles. The van der Waals surface area contributed by atoms with E-state index in [-0.39, 0.29) is 16.5 Å². The molecular formula is C23H41N3O3. The van der Waals surface area contributed by atoms with Gasteiger partial charge < -0.3 is 25.0 Å². The van der Waals surface area contributed by atoms with Gasteiger partial charge in [-0.25, -0.2) is 0 Å². The Morgan fingerprint density at radius 3 is 2.17 bits per heavy atom. The predicted octanol–water partition coefficient (Wildman–Crippen LogP) is 3.43. The van der Waals surface area contributed by atoms with Crippen LogP contribution in [0.4, 0.5) is 0 Å². The maximum absolute atomic E-state index is 5.57. The Morgan fingerprint density at radius 2 is 1.66 bits per heavy atom. The molecule has 3 atom stereocenters. The Kier molecular flexibility index (Phi) is 6.78. The third-order valence-electron chi connectivity index (χ3n) is 6.88. The van der Waals surface area contributed by atoms with E-state index in [4.69, 9.17) is 19.7 Å². The molecule has 5 rings (SSSR count). The Hall–Kier alpha value is -0.950. The fourth-order valence-corrected chi connectivity index (χ4v) is 5.37. The van der Waals surface area contributed by atoms with Crippen LogP contribution in [0.25, 0.3) is 0 Å². The number of aromatic nitrogens is 1. The number of hydrogen-bond donors (Lipinski definition) is 2. The monoisotopic (exact) mass is 407 g/mol. The van der Waals surface area contributed by atoms with E-state index in [1.165, 1.54) is 24.8 Å². The van der Waals surface area contributed by atoms with Crippen molar-refractivity contribution in [2.75, 3.05) is 26.4 Å². The second-order valence-electron chi connectivity index (χ2n) is 10.3. The summed E-state index contributed by atoms with van der Waals surface area (Å²) < 4.78 is 15.8. The maximum atomic E-state index is 5.57. The van der Waals surface area contributed by atoms with Crippen molar-refractivity contribution in [3.63, 3.8) is 0 Å². The minimum atomic E-state index is 0. The van der Waals surface area contributed by atoms with E-state index in [1.807, 2.05) is 27.0 Å². The molecule has 3 N–H and O–H groups in total. The molecule has 1 saturated carbocycles. The van der Waals surface area contributed by atoms with Gasteiger partial charge in [0.15, 0.2) is 0 Å². The van der Waals surface area contributed by atoms with Crippen molar-refractivity contribution in [2.45, 2.75) is 89.8 Å². The molecule has 166 valence electrons. The van der Waals surface area contributed by atoms with E-state index in [2.05, 4.69) is 31.2 Å². The summed E-state index contributed by atoms with van der Waals surface area (Å²) in [6, 6.07) is 0.636.